The first-order chi connectivity index (χ1) is 13.1. The highest BCUT2D eigenvalue weighted by Crippen LogP contribution is 2.41. The summed E-state index contributed by atoms with van der Waals surface area (Å²) >= 11 is 31.4. The Labute approximate surface area is 186 Å². The Morgan fingerprint density at radius 3 is 1.33 bits per heavy atom. The first-order valence-electron chi connectivity index (χ1n) is 7.01. The highest BCUT2D eigenvalue weighted by Gasteiger charge is 2.16. The molecular weight excluding hydrogens is 459 g/mol. The van der Waals surface area contributed by atoms with Gasteiger partial charge < -0.3 is 0 Å². The lowest BCUT2D eigenvalue weighted by molar-refractivity contribution is 1.18. The second-order valence-electron chi connectivity index (χ2n) is 4.80. The maximum atomic E-state index is 6.36. The molecule has 132 valence electrons. The minimum atomic E-state index is 0.287. The van der Waals surface area contributed by atoms with Gasteiger partial charge in [-0.2, -0.15) is 20.0 Å². The molecule has 0 heterocycles. The van der Waals surface area contributed by atoms with E-state index < -0.39 is 0 Å². The zero-order valence-corrected chi connectivity index (χ0v) is 18.0. The number of thiocarbonyl (C=S) groups is 4. The van der Waals surface area contributed by atoms with Gasteiger partial charge in [-0.25, -0.2) is 0 Å². The fraction of sp³-hybridized carbons (Fsp3) is 0.0588. The van der Waals surface area contributed by atoms with Crippen molar-refractivity contribution in [2.75, 3.05) is 0 Å². The molecule has 0 atom stereocenters. The predicted octanol–water partition coefficient (Wildman–Crippen LogP) is 7.52. The van der Waals surface area contributed by atoms with E-state index >= 15 is 0 Å². The summed E-state index contributed by atoms with van der Waals surface area (Å²) < 4.78 is 0. The number of benzene rings is 2. The summed E-state index contributed by atoms with van der Waals surface area (Å²) in [6.07, 6.45) is 0.383. The molecule has 2 aromatic carbocycles. The lowest BCUT2D eigenvalue weighted by atomic mass is 10.0. The fourth-order valence-electron chi connectivity index (χ4n) is 2.28. The lowest BCUT2D eigenvalue weighted by Gasteiger charge is -2.11. The Balaban J connectivity index is 2.66. The SMILES string of the molecule is S=C=Nc1ccc(Cc2ccc(N=C=S)c(Cl)c2N=C=S)c(N=C=S)c1Cl. The molecule has 2 rings (SSSR count). The Morgan fingerprint density at radius 2 is 1.00 bits per heavy atom. The van der Waals surface area contributed by atoms with Gasteiger partial charge in [0.1, 0.15) is 0 Å². The van der Waals surface area contributed by atoms with Crippen LogP contribution in [-0.4, -0.2) is 20.6 Å². The number of hydrogen-bond donors (Lipinski definition) is 0. The third-order valence-corrected chi connectivity index (χ3v) is 4.50. The zero-order chi connectivity index (χ0) is 19.8. The lowest BCUT2D eigenvalue weighted by Crippen LogP contribution is -1.92. The molecule has 0 radical (unpaired) electrons. The van der Waals surface area contributed by atoms with Crippen LogP contribution in [0.4, 0.5) is 22.7 Å². The predicted molar refractivity (Wildman–Crippen MR) is 124 cm³/mol. The van der Waals surface area contributed by atoms with E-state index in [1.54, 1.807) is 24.3 Å². The number of hydrogen-bond acceptors (Lipinski definition) is 8. The molecule has 0 saturated heterocycles. The Kier molecular flexibility index (Phi) is 8.39. The molecule has 0 unspecified atom stereocenters. The fourth-order valence-corrected chi connectivity index (χ4v) is 3.20. The van der Waals surface area contributed by atoms with Gasteiger partial charge in [-0.3, -0.25) is 0 Å². The highest BCUT2D eigenvalue weighted by atomic mass is 35.5. The van der Waals surface area contributed by atoms with E-state index in [0.29, 0.717) is 29.2 Å². The van der Waals surface area contributed by atoms with E-state index in [1.807, 2.05) is 0 Å². The van der Waals surface area contributed by atoms with Crippen molar-refractivity contribution in [3.05, 3.63) is 45.4 Å². The average molecular weight is 465 g/mol. The van der Waals surface area contributed by atoms with E-state index in [9.17, 15) is 0 Å². The van der Waals surface area contributed by atoms with Crippen LogP contribution in [-0.2, 0) is 6.42 Å². The molecular formula is C17H6Cl2N4S4. The molecule has 4 nitrogen and oxygen atoms in total. The van der Waals surface area contributed by atoms with Crippen molar-refractivity contribution in [3.8, 4) is 0 Å². The largest absolute Gasteiger partial charge is 0.193 e. The maximum Gasteiger partial charge on any atom is 0.0983 e. The molecule has 0 aliphatic carbocycles. The molecule has 0 saturated carbocycles. The van der Waals surface area contributed by atoms with Crippen LogP contribution in [0.5, 0.6) is 0 Å². The summed E-state index contributed by atoms with van der Waals surface area (Å²) in [7, 11) is 0. The smallest absolute Gasteiger partial charge is 0.0983 e. The van der Waals surface area contributed by atoms with E-state index in [0.717, 1.165) is 11.1 Å². The molecule has 0 spiro atoms. The van der Waals surface area contributed by atoms with Gasteiger partial charge in [0.15, 0.2) is 0 Å². The number of nitrogens with zero attached hydrogens (tertiary/aromatic N) is 4. The van der Waals surface area contributed by atoms with E-state index in [4.69, 9.17) is 47.6 Å². The Hall–Kier alpha value is -1.78. The number of isothiocyanates is 4. The van der Waals surface area contributed by atoms with Crippen molar-refractivity contribution >= 4 is 115 Å². The highest BCUT2D eigenvalue weighted by molar-refractivity contribution is 7.78. The van der Waals surface area contributed by atoms with Crippen LogP contribution in [0.3, 0.4) is 0 Å². The van der Waals surface area contributed by atoms with Gasteiger partial charge in [0.05, 0.1) is 53.4 Å². The average Bonchev–Trinajstić information content (AvgIpc) is 2.65. The molecule has 10 heteroatoms. The van der Waals surface area contributed by atoms with E-state index in [1.165, 1.54) is 0 Å². The van der Waals surface area contributed by atoms with Crippen molar-refractivity contribution in [2.24, 2.45) is 20.0 Å². The maximum absolute atomic E-state index is 6.36. The molecule has 0 amide bonds. The van der Waals surface area contributed by atoms with Crippen LogP contribution >= 0.6 is 72.1 Å². The number of aliphatic imine (C=N–C) groups is 4. The molecule has 0 aliphatic rings. The van der Waals surface area contributed by atoms with Crippen molar-refractivity contribution in [1.82, 2.24) is 0 Å². The van der Waals surface area contributed by atoms with Crippen LogP contribution in [0.25, 0.3) is 0 Å². The summed E-state index contributed by atoms with van der Waals surface area (Å²) in [5.74, 6) is 0. The second-order valence-corrected chi connectivity index (χ2v) is 6.29. The number of halogens is 2. The van der Waals surface area contributed by atoms with E-state index in [-0.39, 0.29) is 10.0 Å². The van der Waals surface area contributed by atoms with Gasteiger partial charge in [-0.05, 0) is 72.1 Å². The summed E-state index contributed by atoms with van der Waals surface area (Å²) in [4.78, 5) is 15.9. The Bertz CT molecular complexity index is 1020. The van der Waals surface area contributed by atoms with Crippen LogP contribution in [0.2, 0.25) is 10.0 Å². The number of rotatable bonds is 6. The van der Waals surface area contributed by atoms with Crippen molar-refractivity contribution in [3.63, 3.8) is 0 Å². The molecule has 2 aromatic rings. The van der Waals surface area contributed by atoms with Gasteiger partial charge >= 0.3 is 0 Å². The minimum absolute atomic E-state index is 0.287. The van der Waals surface area contributed by atoms with Gasteiger partial charge in [0.2, 0.25) is 0 Å². The third kappa shape index (κ3) is 5.14. The summed E-state index contributed by atoms with van der Waals surface area (Å²) in [6.45, 7) is 0. The first-order valence-corrected chi connectivity index (χ1v) is 9.40. The van der Waals surface area contributed by atoms with Crippen LogP contribution < -0.4 is 0 Å². The van der Waals surface area contributed by atoms with Crippen molar-refractivity contribution < 1.29 is 0 Å². The molecule has 0 aromatic heterocycles. The van der Waals surface area contributed by atoms with Crippen LogP contribution in [0.1, 0.15) is 11.1 Å². The van der Waals surface area contributed by atoms with Crippen LogP contribution in [0.15, 0.2) is 44.2 Å². The summed E-state index contributed by atoms with van der Waals surface area (Å²) in [5, 5.41) is 9.76. The monoisotopic (exact) mass is 464 g/mol. The normalized spacial score (nSPS) is 9.26. The standard InChI is InChI=1S/C17H6Cl2N4S4/c18-14-12(20-6-24)3-1-10(16(14)22-8-26)5-11-2-4-13(21-7-25)15(19)17(11)23-9-27/h1-4H,5H2. The molecule has 0 N–H and O–H groups in total. The van der Waals surface area contributed by atoms with Crippen molar-refractivity contribution in [1.29, 1.82) is 0 Å². The van der Waals surface area contributed by atoms with Gasteiger partial charge in [-0.15, -0.1) is 0 Å². The molecule has 27 heavy (non-hydrogen) atoms. The first kappa shape index (κ1) is 21.5. The van der Waals surface area contributed by atoms with Gasteiger partial charge in [0.25, 0.3) is 0 Å². The van der Waals surface area contributed by atoms with Crippen LogP contribution in [0, 0.1) is 0 Å². The van der Waals surface area contributed by atoms with Gasteiger partial charge in [-0.1, -0.05) is 35.3 Å². The zero-order valence-electron chi connectivity index (χ0n) is 13.2. The quantitative estimate of drug-likeness (QED) is 0.327. The molecule has 0 aliphatic heterocycles. The van der Waals surface area contributed by atoms with Gasteiger partial charge in [0, 0.05) is 6.42 Å². The molecule has 0 bridgehead atoms. The molecule has 0 fully saturated rings. The minimum Gasteiger partial charge on any atom is -0.193 e. The van der Waals surface area contributed by atoms with E-state index in [2.05, 4.69) is 65.1 Å². The Morgan fingerprint density at radius 1 is 0.630 bits per heavy atom. The second kappa shape index (κ2) is 10.5. The van der Waals surface area contributed by atoms with Crippen molar-refractivity contribution in [2.45, 2.75) is 6.42 Å². The summed E-state index contributed by atoms with van der Waals surface area (Å²) in [5.41, 5.74) is 3.22. The third-order valence-electron chi connectivity index (χ3n) is 3.39. The summed E-state index contributed by atoms with van der Waals surface area (Å²) in [6, 6.07) is 7.00. The topological polar surface area (TPSA) is 49.4 Å².